The fourth-order valence-corrected chi connectivity index (χ4v) is 3.67. The maximum absolute atomic E-state index is 10.5. The van der Waals surface area contributed by atoms with Crippen LogP contribution < -0.4 is 15.7 Å². The van der Waals surface area contributed by atoms with Gasteiger partial charge in [-0.1, -0.05) is 42.5 Å². The number of aliphatic hydroxyl groups is 4. The maximum Gasteiger partial charge on any atom is 0.229 e. The summed E-state index contributed by atoms with van der Waals surface area (Å²) in [5.41, 5.74) is 5.63. The minimum atomic E-state index is -1.82. The molecule has 0 spiro atoms. The number of ether oxygens (including phenoxy) is 2. The summed E-state index contributed by atoms with van der Waals surface area (Å²) >= 11 is 0. The lowest BCUT2D eigenvalue weighted by atomic mass is 9.88. The summed E-state index contributed by atoms with van der Waals surface area (Å²) in [6.07, 6.45) is -2.91. The Morgan fingerprint density at radius 2 is 2.00 bits per heavy atom. The Morgan fingerprint density at radius 3 is 2.70 bits per heavy atom. The molecule has 1 saturated heterocycles. The molecule has 30 heavy (non-hydrogen) atoms. The third-order valence-corrected chi connectivity index (χ3v) is 5.38. The van der Waals surface area contributed by atoms with Gasteiger partial charge in [-0.15, -0.1) is 5.53 Å². The predicted octanol–water partition coefficient (Wildman–Crippen LogP) is -1.14. The molecule has 2 aromatic carbocycles. The average Bonchev–Trinajstić information content (AvgIpc) is 2.74. The van der Waals surface area contributed by atoms with Gasteiger partial charge < -0.3 is 29.9 Å². The molecule has 4 unspecified atom stereocenters. The molecule has 4 rings (SSSR count). The first kappa shape index (κ1) is 20.7. The van der Waals surface area contributed by atoms with Gasteiger partial charge in [-0.25, -0.2) is 0 Å². The van der Waals surface area contributed by atoms with Crippen molar-refractivity contribution in [2.24, 2.45) is 5.10 Å². The van der Waals surface area contributed by atoms with Crippen molar-refractivity contribution in [2.45, 2.75) is 36.9 Å². The number of para-hydroxylation sites is 1. The second-order valence-electron chi connectivity index (χ2n) is 7.56. The molecular formula is C21H26N3O6+. The molecule has 1 fully saturated rings. The van der Waals surface area contributed by atoms with E-state index in [0.717, 1.165) is 22.5 Å². The van der Waals surface area contributed by atoms with Crippen molar-refractivity contribution in [2.75, 3.05) is 13.2 Å². The predicted molar refractivity (Wildman–Crippen MR) is 107 cm³/mol. The number of hydrogen-bond acceptors (Lipinski definition) is 8. The summed E-state index contributed by atoms with van der Waals surface area (Å²) in [7, 11) is 0. The molecule has 2 aromatic rings. The molecule has 0 saturated carbocycles. The van der Waals surface area contributed by atoms with Crippen LogP contribution in [0, 0.1) is 0 Å². The van der Waals surface area contributed by atoms with Gasteiger partial charge in [-0.2, -0.15) is 5.43 Å². The molecule has 9 nitrogen and oxygen atoms in total. The molecule has 0 bridgehead atoms. The van der Waals surface area contributed by atoms with Crippen LogP contribution in [0.15, 0.2) is 53.6 Å². The molecule has 2 aliphatic heterocycles. The van der Waals surface area contributed by atoms with Gasteiger partial charge >= 0.3 is 0 Å². The fraction of sp³-hybridized carbons (Fsp3) is 0.381. The monoisotopic (exact) mass is 416 g/mol. The molecule has 7 N–H and O–H groups in total. The molecule has 2 heterocycles. The number of rotatable bonds is 7. The average molecular weight is 416 g/mol. The SMILES string of the molecule is OCC1CC(O)(CO)C(O)C(Oc2ccccc2-c2cccc(CC3=N[NH2+]N3)c2)O1. The zero-order chi connectivity index (χ0) is 21.1. The summed E-state index contributed by atoms with van der Waals surface area (Å²) < 4.78 is 11.6. The number of nitrogens with one attached hydrogen (secondary N) is 1. The van der Waals surface area contributed by atoms with E-state index >= 15 is 0 Å². The Labute approximate surface area is 173 Å². The highest BCUT2D eigenvalue weighted by Crippen LogP contribution is 2.35. The summed E-state index contributed by atoms with van der Waals surface area (Å²) in [5.74, 6) is 1.35. The smallest absolute Gasteiger partial charge is 0.229 e. The summed E-state index contributed by atoms with van der Waals surface area (Å²) in [6.45, 7) is -1.04. The van der Waals surface area contributed by atoms with Crippen LogP contribution in [0.3, 0.4) is 0 Å². The molecule has 9 heteroatoms. The van der Waals surface area contributed by atoms with E-state index in [2.05, 4.69) is 10.5 Å². The Hall–Kier alpha value is -2.53. The van der Waals surface area contributed by atoms with E-state index in [1.165, 1.54) is 0 Å². The number of amidine groups is 1. The lowest BCUT2D eigenvalue weighted by molar-refractivity contribution is -0.727. The van der Waals surface area contributed by atoms with E-state index in [9.17, 15) is 20.4 Å². The number of quaternary nitrogens is 1. The van der Waals surface area contributed by atoms with Crippen molar-refractivity contribution in [3.05, 3.63) is 54.1 Å². The van der Waals surface area contributed by atoms with Gasteiger partial charge in [0.05, 0.1) is 19.3 Å². The van der Waals surface area contributed by atoms with Crippen molar-refractivity contribution in [1.82, 2.24) is 5.43 Å². The van der Waals surface area contributed by atoms with Gasteiger partial charge in [0.2, 0.25) is 12.1 Å². The number of aliphatic hydroxyl groups excluding tert-OH is 3. The third kappa shape index (κ3) is 4.17. The van der Waals surface area contributed by atoms with E-state index in [4.69, 9.17) is 9.47 Å². The highest BCUT2D eigenvalue weighted by molar-refractivity contribution is 5.84. The first-order chi connectivity index (χ1) is 14.5. The van der Waals surface area contributed by atoms with Gasteiger partial charge in [0, 0.05) is 18.4 Å². The highest BCUT2D eigenvalue weighted by atomic mass is 16.7. The minimum Gasteiger partial charge on any atom is -0.461 e. The van der Waals surface area contributed by atoms with Gasteiger partial charge in [0.1, 0.15) is 17.5 Å². The minimum absolute atomic E-state index is 0.0972. The lowest BCUT2D eigenvalue weighted by Gasteiger charge is -2.43. The number of benzene rings is 2. The van der Waals surface area contributed by atoms with Gasteiger partial charge in [0.15, 0.2) is 0 Å². The number of hydrogen-bond donors (Lipinski definition) is 6. The lowest BCUT2D eigenvalue weighted by Crippen LogP contribution is -2.97. The molecule has 0 aromatic heterocycles. The van der Waals surface area contributed by atoms with Crippen LogP contribution >= 0.6 is 0 Å². The molecule has 2 aliphatic rings. The number of nitrogens with zero attached hydrogens (tertiary/aromatic N) is 1. The van der Waals surface area contributed by atoms with Crippen molar-refractivity contribution >= 4 is 5.84 Å². The van der Waals surface area contributed by atoms with Crippen LogP contribution in [-0.4, -0.2) is 63.6 Å². The van der Waals surface area contributed by atoms with E-state index in [0.29, 0.717) is 12.2 Å². The van der Waals surface area contributed by atoms with Crippen molar-refractivity contribution < 1.29 is 35.4 Å². The Bertz CT molecular complexity index is 923. The largest absolute Gasteiger partial charge is 0.461 e. The van der Waals surface area contributed by atoms with Crippen molar-refractivity contribution in [3.63, 3.8) is 0 Å². The zero-order valence-corrected chi connectivity index (χ0v) is 16.3. The van der Waals surface area contributed by atoms with Crippen molar-refractivity contribution in [1.29, 1.82) is 0 Å². The third-order valence-electron chi connectivity index (χ3n) is 5.38. The van der Waals surface area contributed by atoms with Crippen LogP contribution in [0.25, 0.3) is 11.1 Å². The topological polar surface area (TPSA) is 140 Å². The zero-order valence-electron chi connectivity index (χ0n) is 16.3. The van der Waals surface area contributed by atoms with Crippen molar-refractivity contribution in [3.8, 4) is 16.9 Å². The standard InChI is InChI=1S/C21H25N3O6/c25-11-15-10-21(28,12-26)19(27)20(29-15)30-17-7-2-1-6-16(17)14-5-3-4-13(8-14)9-18-22-24-23-18/h1-8,15,19-20,24-28H,9-12H2,(H,22,23)/p+1. The summed E-state index contributed by atoms with van der Waals surface area (Å²) in [4.78, 5) is 0. The molecule has 160 valence electrons. The maximum atomic E-state index is 10.5. The Morgan fingerprint density at radius 1 is 1.20 bits per heavy atom. The molecule has 0 radical (unpaired) electrons. The van der Waals surface area contributed by atoms with Crippen LogP contribution in [0.1, 0.15) is 12.0 Å². The first-order valence-electron chi connectivity index (χ1n) is 9.80. The van der Waals surface area contributed by atoms with E-state index in [1.807, 2.05) is 36.4 Å². The fourth-order valence-electron chi connectivity index (χ4n) is 3.67. The Kier molecular flexibility index (Phi) is 6.00. The quantitative estimate of drug-likeness (QED) is 0.314. The second kappa shape index (κ2) is 8.68. The summed E-state index contributed by atoms with van der Waals surface area (Å²) in [5, 5.41) is 44.3. The second-order valence-corrected chi connectivity index (χ2v) is 7.56. The van der Waals surface area contributed by atoms with E-state index in [-0.39, 0.29) is 13.0 Å². The van der Waals surface area contributed by atoms with Crippen LogP contribution in [0.5, 0.6) is 5.75 Å². The molecule has 0 aliphatic carbocycles. The first-order valence-corrected chi connectivity index (χ1v) is 9.80. The van der Waals surface area contributed by atoms with Crippen LogP contribution in [0.4, 0.5) is 0 Å². The van der Waals surface area contributed by atoms with Crippen LogP contribution in [0.2, 0.25) is 0 Å². The molecule has 4 atom stereocenters. The van der Waals surface area contributed by atoms with Crippen LogP contribution in [-0.2, 0) is 11.2 Å². The highest BCUT2D eigenvalue weighted by Gasteiger charge is 2.49. The Balaban J connectivity index is 1.60. The number of nitrogens with two attached hydrogens (primary N) is 1. The van der Waals surface area contributed by atoms with E-state index in [1.54, 1.807) is 17.7 Å². The van der Waals surface area contributed by atoms with E-state index < -0.39 is 30.7 Å². The molecular weight excluding hydrogens is 390 g/mol. The normalized spacial score (nSPS) is 28.3. The van der Waals surface area contributed by atoms with Gasteiger partial charge in [0.25, 0.3) is 0 Å². The van der Waals surface area contributed by atoms with Gasteiger partial charge in [-0.05, 0) is 22.3 Å². The summed E-state index contributed by atoms with van der Waals surface area (Å²) in [6, 6.07) is 15.2. The molecule has 0 amide bonds. The van der Waals surface area contributed by atoms with Gasteiger partial charge in [-0.3, -0.25) is 0 Å².